The summed E-state index contributed by atoms with van der Waals surface area (Å²) < 4.78 is 5.78. The molecule has 3 unspecified atom stereocenters. The zero-order valence-electron chi connectivity index (χ0n) is 13.6. The van der Waals surface area contributed by atoms with Crippen molar-refractivity contribution in [2.45, 2.75) is 72.1 Å². The van der Waals surface area contributed by atoms with Crippen molar-refractivity contribution in [1.29, 1.82) is 0 Å². The molecular formula is C16H34N2O. The molecule has 0 spiro atoms. The highest BCUT2D eigenvalue weighted by Gasteiger charge is 2.28. The van der Waals surface area contributed by atoms with E-state index >= 15 is 0 Å². The van der Waals surface area contributed by atoms with Crippen molar-refractivity contribution in [2.75, 3.05) is 26.2 Å². The summed E-state index contributed by atoms with van der Waals surface area (Å²) in [6, 6.07) is 1.30. The van der Waals surface area contributed by atoms with Gasteiger partial charge in [0.15, 0.2) is 0 Å². The standard InChI is InChI=1S/C16H34N2O/c1-6-16-12-19-15(5)11-18(16)14(4)8-7-9-17-10-13(2)3/h13-17H,6-12H2,1-5H3. The predicted octanol–water partition coefficient (Wildman–Crippen LogP) is 2.90. The van der Waals surface area contributed by atoms with Gasteiger partial charge in [-0.1, -0.05) is 20.8 Å². The first kappa shape index (κ1) is 16.9. The summed E-state index contributed by atoms with van der Waals surface area (Å²) in [5.41, 5.74) is 0. The van der Waals surface area contributed by atoms with Gasteiger partial charge in [-0.2, -0.15) is 0 Å². The molecular weight excluding hydrogens is 236 g/mol. The summed E-state index contributed by atoms with van der Waals surface area (Å²) in [6.45, 7) is 15.7. The van der Waals surface area contributed by atoms with Crippen LogP contribution in [0.15, 0.2) is 0 Å². The van der Waals surface area contributed by atoms with Crippen LogP contribution in [0.3, 0.4) is 0 Å². The molecule has 0 aliphatic carbocycles. The molecule has 19 heavy (non-hydrogen) atoms. The molecule has 0 bridgehead atoms. The second-order valence-electron chi connectivity index (χ2n) is 6.49. The lowest BCUT2D eigenvalue weighted by atomic mass is 10.0. The molecule has 1 N–H and O–H groups in total. The Kier molecular flexibility index (Phi) is 7.96. The third-order valence-electron chi connectivity index (χ3n) is 4.08. The molecule has 0 radical (unpaired) electrons. The van der Waals surface area contributed by atoms with Gasteiger partial charge in [-0.3, -0.25) is 4.90 Å². The Morgan fingerprint density at radius 2 is 2.05 bits per heavy atom. The quantitative estimate of drug-likeness (QED) is 0.686. The van der Waals surface area contributed by atoms with Gasteiger partial charge >= 0.3 is 0 Å². The molecule has 3 atom stereocenters. The molecule has 1 fully saturated rings. The van der Waals surface area contributed by atoms with E-state index in [1.807, 2.05) is 0 Å². The van der Waals surface area contributed by atoms with Crippen molar-refractivity contribution in [2.24, 2.45) is 5.92 Å². The highest BCUT2D eigenvalue weighted by Crippen LogP contribution is 2.19. The highest BCUT2D eigenvalue weighted by molar-refractivity contribution is 4.81. The minimum Gasteiger partial charge on any atom is -0.376 e. The van der Waals surface area contributed by atoms with Gasteiger partial charge in [0.25, 0.3) is 0 Å². The normalized spacial score (nSPS) is 26.8. The molecule has 0 aromatic carbocycles. The molecule has 114 valence electrons. The van der Waals surface area contributed by atoms with Crippen LogP contribution in [0.4, 0.5) is 0 Å². The predicted molar refractivity (Wildman–Crippen MR) is 82.6 cm³/mol. The van der Waals surface area contributed by atoms with E-state index < -0.39 is 0 Å². The topological polar surface area (TPSA) is 24.5 Å². The molecule has 0 amide bonds. The van der Waals surface area contributed by atoms with Gasteiger partial charge in [0.05, 0.1) is 12.7 Å². The van der Waals surface area contributed by atoms with E-state index in [-0.39, 0.29) is 0 Å². The zero-order valence-corrected chi connectivity index (χ0v) is 13.6. The largest absolute Gasteiger partial charge is 0.376 e. The van der Waals surface area contributed by atoms with Crippen molar-refractivity contribution in [3.63, 3.8) is 0 Å². The molecule has 0 saturated carbocycles. The van der Waals surface area contributed by atoms with E-state index in [0.29, 0.717) is 18.2 Å². The van der Waals surface area contributed by atoms with Gasteiger partial charge in [-0.05, 0) is 52.1 Å². The van der Waals surface area contributed by atoms with Crippen molar-refractivity contribution < 1.29 is 4.74 Å². The van der Waals surface area contributed by atoms with E-state index in [1.54, 1.807) is 0 Å². The maximum Gasteiger partial charge on any atom is 0.0674 e. The van der Waals surface area contributed by atoms with Gasteiger partial charge in [0.2, 0.25) is 0 Å². The number of nitrogens with one attached hydrogen (secondary N) is 1. The molecule has 1 heterocycles. The number of rotatable bonds is 8. The fourth-order valence-electron chi connectivity index (χ4n) is 2.84. The van der Waals surface area contributed by atoms with Crippen LogP contribution in [-0.4, -0.2) is 49.3 Å². The number of hydrogen-bond acceptors (Lipinski definition) is 3. The summed E-state index contributed by atoms with van der Waals surface area (Å²) in [7, 11) is 0. The highest BCUT2D eigenvalue weighted by atomic mass is 16.5. The van der Waals surface area contributed by atoms with Gasteiger partial charge in [-0.15, -0.1) is 0 Å². The molecule has 3 heteroatoms. The van der Waals surface area contributed by atoms with E-state index in [1.165, 1.54) is 19.3 Å². The Labute approximate surface area is 120 Å². The second kappa shape index (κ2) is 8.93. The Bertz CT molecular complexity index is 233. The summed E-state index contributed by atoms with van der Waals surface area (Å²) in [5.74, 6) is 0.752. The Hall–Kier alpha value is -0.120. The summed E-state index contributed by atoms with van der Waals surface area (Å²) in [4.78, 5) is 2.66. The molecule has 0 aromatic rings. The van der Waals surface area contributed by atoms with E-state index in [9.17, 15) is 0 Å². The molecule has 0 aromatic heterocycles. The van der Waals surface area contributed by atoms with Crippen LogP contribution in [0.25, 0.3) is 0 Å². The van der Waals surface area contributed by atoms with Crippen LogP contribution in [0.2, 0.25) is 0 Å². The lowest BCUT2D eigenvalue weighted by molar-refractivity contribution is -0.0710. The van der Waals surface area contributed by atoms with Crippen LogP contribution in [0.1, 0.15) is 53.9 Å². The number of hydrogen-bond donors (Lipinski definition) is 1. The van der Waals surface area contributed by atoms with E-state index in [0.717, 1.165) is 32.2 Å². The number of nitrogens with zero attached hydrogens (tertiary/aromatic N) is 1. The Balaban J connectivity index is 2.24. The minimum absolute atomic E-state index is 0.393. The smallest absolute Gasteiger partial charge is 0.0674 e. The summed E-state index contributed by atoms with van der Waals surface area (Å²) >= 11 is 0. The fraction of sp³-hybridized carbons (Fsp3) is 1.00. The lowest BCUT2D eigenvalue weighted by Gasteiger charge is -2.42. The molecule has 1 saturated heterocycles. The Morgan fingerprint density at radius 1 is 1.32 bits per heavy atom. The number of ether oxygens (including phenoxy) is 1. The van der Waals surface area contributed by atoms with Crippen LogP contribution < -0.4 is 5.32 Å². The van der Waals surface area contributed by atoms with Gasteiger partial charge in [0.1, 0.15) is 0 Å². The van der Waals surface area contributed by atoms with Crippen LogP contribution in [0.5, 0.6) is 0 Å². The average Bonchev–Trinajstić information content (AvgIpc) is 2.37. The minimum atomic E-state index is 0.393. The van der Waals surface area contributed by atoms with Crippen molar-refractivity contribution >= 4 is 0 Å². The number of morpholine rings is 1. The van der Waals surface area contributed by atoms with Gasteiger partial charge in [0, 0.05) is 18.6 Å². The van der Waals surface area contributed by atoms with Crippen LogP contribution >= 0.6 is 0 Å². The van der Waals surface area contributed by atoms with Crippen molar-refractivity contribution in [1.82, 2.24) is 10.2 Å². The van der Waals surface area contributed by atoms with Gasteiger partial charge < -0.3 is 10.1 Å². The maximum absolute atomic E-state index is 5.78. The van der Waals surface area contributed by atoms with E-state index in [2.05, 4.69) is 44.8 Å². The third-order valence-corrected chi connectivity index (χ3v) is 4.08. The van der Waals surface area contributed by atoms with Crippen molar-refractivity contribution in [3.8, 4) is 0 Å². The molecule has 1 aliphatic rings. The van der Waals surface area contributed by atoms with Gasteiger partial charge in [-0.25, -0.2) is 0 Å². The summed E-state index contributed by atoms with van der Waals surface area (Å²) in [5, 5.41) is 3.53. The fourth-order valence-corrected chi connectivity index (χ4v) is 2.84. The second-order valence-corrected chi connectivity index (χ2v) is 6.49. The Morgan fingerprint density at radius 3 is 2.68 bits per heavy atom. The van der Waals surface area contributed by atoms with Crippen molar-refractivity contribution in [3.05, 3.63) is 0 Å². The molecule has 3 nitrogen and oxygen atoms in total. The SMILES string of the molecule is CCC1COC(C)CN1C(C)CCCNCC(C)C. The monoisotopic (exact) mass is 270 g/mol. The summed E-state index contributed by atoms with van der Waals surface area (Å²) in [6.07, 6.45) is 4.15. The third kappa shape index (κ3) is 6.24. The van der Waals surface area contributed by atoms with Crippen LogP contribution in [-0.2, 0) is 4.74 Å². The first-order chi connectivity index (χ1) is 9.04. The first-order valence-electron chi connectivity index (χ1n) is 8.12. The van der Waals surface area contributed by atoms with E-state index in [4.69, 9.17) is 4.74 Å². The van der Waals surface area contributed by atoms with Crippen LogP contribution in [0, 0.1) is 5.92 Å². The lowest BCUT2D eigenvalue weighted by Crippen LogP contribution is -2.52. The maximum atomic E-state index is 5.78. The zero-order chi connectivity index (χ0) is 14.3. The average molecular weight is 270 g/mol. The molecule has 1 aliphatic heterocycles. The first-order valence-corrected chi connectivity index (χ1v) is 8.12. The molecule has 1 rings (SSSR count).